The molecule has 0 amide bonds. The molecule has 2 N–H and O–H groups in total. The van der Waals surface area contributed by atoms with E-state index in [0.29, 0.717) is 11.1 Å². The molecule has 0 bridgehead atoms. The van der Waals surface area contributed by atoms with Gasteiger partial charge in [-0.15, -0.1) is 0 Å². The summed E-state index contributed by atoms with van der Waals surface area (Å²) >= 11 is 0. The number of benzene rings is 2. The molecular weight excluding hydrogens is 300 g/mol. The molecule has 0 aliphatic carbocycles. The van der Waals surface area contributed by atoms with Gasteiger partial charge in [-0.05, 0) is 34.6 Å². The van der Waals surface area contributed by atoms with Gasteiger partial charge in [0.1, 0.15) is 11.5 Å². The molecule has 0 aromatic heterocycles. The first kappa shape index (κ1) is 18.1. The third-order valence-electron chi connectivity index (χ3n) is 4.14. The molecule has 0 atom stereocenters. The van der Waals surface area contributed by atoms with E-state index < -0.39 is 5.41 Å². The van der Waals surface area contributed by atoms with Crippen LogP contribution in [0.1, 0.15) is 68.6 Å². The van der Waals surface area contributed by atoms with Crippen LogP contribution in [0.15, 0.2) is 36.4 Å². The first-order chi connectivity index (χ1) is 10.9. The number of hydrogen-bond acceptors (Lipinski definition) is 3. The standard InChI is InChI=1S/C21H26O3/c1-20(2,3)14-9-7-8-13(12-14)18(23)15-10-11-16(22)17(19(15)24)21(4,5)6/h7-12,22,24H,1-6H3. The average molecular weight is 326 g/mol. The minimum atomic E-state index is -0.474. The summed E-state index contributed by atoms with van der Waals surface area (Å²) in [5.41, 5.74) is 1.65. The van der Waals surface area contributed by atoms with Crippen LogP contribution >= 0.6 is 0 Å². The molecule has 0 spiro atoms. The molecule has 2 aromatic rings. The molecule has 0 saturated carbocycles. The Bertz CT molecular complexity index is 775. The Morgan fingerprint density at radius 3 is 2.04 bits per heavy atom. The second-order valence-corrected chi connectivity index (χ2v) is 8.27. The highest BCUT2D eigenvalue weighted by Crippen LogP contribution is 2.40. The van der Waals surface area contributed by atoms with Crippen LogP contribution in [-0.4, -0.2) is 16.0 Å². The van der Waals surface area contributed by atoms with Gasteiger partial charge in [0, 0.05) is 11.1 Å². The molecule has 0 fully saturated rings. The van der Waals surface area contributed by atoms with Crippen molar-refractivity contribution in [2.24, 2.45) is 0 Å². The van der Waals surface area contributed by atoms with E-state index in [-0.39, 0.29) is 28.3 Å². The van der Waals surface area contributed by atoms with Gasteiger partial charge in [0.05, 0.1) is 5.56 Å². The Kier molecular flexibility index (Phi) is 4.49. The second-order valence-electron chi connectivity index (χ2n) is 8.27. The Morgan fingerprint density at radius 1 is 0.875 bits per heavy atom. The van der Waals surface area contributed by atoms with Gasteiger partial charge in [0.15, 0.2) is 5.78 Å². The summed E-state index contributed by atoms with van der Waals surface area (Å²) in [6.45, 7) is 11.9. The molecule has 0 unspecified atom stereocenters. The summed E-state index contributed by atoms with van der Waals surface area (Å²) < 4.78 is 0. The zero-order chi connectivity index (χ0) is 18.3. The molecule has 2 rings (SSSR count). The minimum absolute atomic E-state index is 0.00000719. The van der Waals surface area contributed by atoms with Crippen molar-refractivity contribution in [2.45, 2.75) is 52.4 Å². The summed E-state index contributed by atoms with van der Waals surface area (Å²) in [5, 5.41) is 20.7. The van der Waals surface area contributed by atoms with Gasteiger partial charge in [-0.1, -0.05) is 59.7 Å². The monoisotopic (exact) mass is 326 g/mol. The van der Waals surface area contributed by atoms with E-state index in [2.05, 4.69) is 20.8 Å². The Morgan fingerprint density at radius 2 is 1.50 bits per heavy atom. The second kappa shape index (κ2) is 5.97. The lowest BCUT2D eigenvalue weighted by Crippen LogP contribution is -2.15. The van der Waals surface area contributed by atoms with E-state index >= 15 is 0 Å². The third-order valence-corrected chi connectivity index (χ3v) is 4.14. The molecule has 0 radical (unpaired) electrons. The third kappa shape index (κ3) is 3.45. The van der Waals surface area contributed by atoms with Gasteiger partial charge < -0.3 is 10.2 Å². The molecule has 3 heteroatoms. The van der Waals surface area contributed by atoms with Crippen molar-refractivity contribution < 1.29 is 15.0 Å². The zero-order valence-corrected chi connectivity index (χ0v) is 15.3. The fourth-order valence-electron chi connectivity index (χ4n) is 2.79. The Labute approximate surface area is 144 Å². The first-order valence-electron chi connectivity index (χ1n) is 8.13. The Hall–Kier alpha value is -2.29. The van der Waals surface area contributed by atoms with E-state index in [4.69, 9.17) is 0 Å². The fraction of sp³-hybridized carbons (Fsp3) is 0.381. The largest absolute Gasteiger partial charge is 0.508 e. The molecular formula is C21H26O3. The number of ketones is 1. The van der Waals surface area contributed by atoms with Crippen LogP contribution in [0.2, 0.25) is 0 Å². The molecule has 128 valence electrons. The fourth-order valence-corrected chi connectivity index (χ4v) is 2.79. The minimum Gasteiger partial charge on any atom is -0.508 e. The number of hydrogen-bond donors (Lipinski definition) is 2. The van der Waals surface area contributed by atoms with Crippen molar-refractivity contribution in [1.29, 1.82) is 0 Å². The van der Waals surface area contributed by atoms with Crippen LogP contribution in [0.3, 0.4) is 0 Å². The number of rotatable bonds is 2. The number of carbonyl (C=O) groups excluding carboxylic acids is 1. The van der Waals surface area contributed by atoms with Crippen LogP contribution in [0.25, 0.3) is 0 Å². The molecule has 0 aliphatic rings. The van der Waals surface area contributed by atoms with Crippen LogP contribution in [-0.2, 0) is 10.8 Å². The highest BCUT2D eigenvalue weighted by molar-refractivity contribution is 6.11. The topological polar surface area (TPSA) is 57.5 Å². The van der Waals surface area contributed by atoms with Gasteiger partial charge in [0.25, 0.3) is 0 Å². The molecule has 0 saturated heterocycles. The first-order valence-corrected chi connectivity index (χ1v) is 8.13. The van der Waals surface area contributed by atoms with Gasteiger partial charge in [-0.25, -0.2) is 0 Å². The summed E-state index contributed by atoms with van der Waals surface area (Å²) in [6.07, 6.45) is 0. The molecule has 0 aliphatic heterocycles. The summed E-state index contributed by atoms with van der Waals surface area (Å²) in [5.74, 6) is -0.391. The van der Waals surface area contributed by atoms with Crippen molar-refractivity contribution in [2.75, 3.05) is 0 Å². The molecule has 3 nitrogen and oxygen atoms in total. The van der Waals surface area contributed by atoms with E-state index in [1.807, 2.05) is 39.0 Å². The van der Waals surface area contributed by atoms with Crippen molar-refractivity contribution in [3.8, 4) is 11.5 Å². The smallest absolute Gasteiger partial charge is 0.196 e. The normalized spacial score (nSPS) is 12.2. The highest BCUT2D eigenvalue weighted by Gasteiger charge is 2.27. The van der Waals surface area contributed by atoms with E-state index in [1.54, 1.807) is 6.07 Å². The Balaban J connectivity index is 2.56. The van der Waals surface area contributed by atoms with Crippen molar-refractivity contribution in [1.82, 2.24) is 0 Å². The zero-order valence-electron chi connectivity index (χ0n) is 15.3. The molecule has 0 heterocycles. The molecule has 24 heavy (non-hydrogen) atoms. The highest BCUT2D eigenvalue weighted by atomic mass is 16.3. The predicted molar refractivity (Wildman–Crippen MR) is 97.0 cm³/mol. The van der Waals surface area contributed by atoms with Crippen molar-refractivity contribution >= 4 is 5.78 Å². The maximum absolute atomic E-state index is 12.9. The lowest BCUT2D eigenvalue weighted by Gasteiger charge is -2.23. The summed E-state index contributed by atoms with van der Waals surface area (Å²) in [4.78, 5) is 12.9. The number of phenolic OH excluding ortho intramolecular Hbond substituents is 2. The van der Waals surface area contributed by atoms with E-state index in [9.17, 15) is 15.0 Å². The van der Waals surface area contributed by atoms with Crippen molar-refractivity contribution in [3.05, 3.63) is 58.7 Å². The van der Waals surface area contributed by atoms with Gasteiger partial charge >= 0.3 is 0 Å². The van der Waals surface area contributed by atoms with Crippen LogP contribution in [0.4, 0.5) is 0 Å². The molecule has 2 aromatic carbocycles. The number of carbonyl (C=O) groups is 1. The van der Waals surface area contributed by atoms with Crippen LogP contribution < -0.4 is 0 Å². The van der Waals surface area contributed by atoms with E-state index in [0.717, 1.165) is 5.56 Å². The maximum Gasteiger partial charge on any atom is 0.196 e. The average Bonchev–Trinajstić information content (AvgIpc) is 2.44. The maximum atomic E-state index is 12.9. The predicted octanol–water partition coefficient (Wildman–Crippen LogP) is 4.92. The lowest BCUT2D eigenvalue weighted by molar-refractivity contribution is 0.103. The van der Waals surface area contributed by atoms with E-state index in [1.165, 1.54) is 12.1 Å². The van der Waals surface area contributed by atoms with Crippen LogP contribution in [0.5, 0.6) is 11.5 Å². The van der Waals surface area contributed by atoms with Gasteiger partial charge in [-0.3, -0.25) is 4.79 Å². The SMILES string of the molecule is CC(C)(C)c1cccc(C(=O)c2ccc(O)c(C(C)(C)C)c2O)c1. The number of phenols is 2. The number of aromatic hydroxyl groups is 2. The lowest BCUT2D eigenvalue weighted by atomic mass is 9.82. The van der Waals surface area contributed by atoms with Crippen LogP contribution in [0, 0.1) is 0 Å². The summed E-state index contributed by atoms with van der Waals surface area (Å²) in [7, 11) is 0. The van der Waals surface area contributed by atoms with Gasteiger partial charge in [0.2, 0.25) is 0 Å². The quantitative estimate of drug-likeness (QED) is 0.770. The van der Waals surface area contributed by atoms with Crippen molar-refractivity contribution in [3.63, 3.8) is 0 Å². The van der Waals surface area contributed by atoms with Gasteiger partial charge in [-0.2, -0.15) is 0 Å². The summed E-state index contributed by atoms with van der Waals surface area (Å²) in [6, 6.07) is 10.4.